The zero-order chi connectivity index (χ0) is 14.5. The summed E-state index contributed by atoms with van der Waals surface area (Å²) in [5.41, 5.74) is 2.04. The Morgan fingerprint density at radius 1 is 1.30 bits per heavy atom. The number of benzene rings is 1. The fraction of sp³-hybridized carbons (Fsp3) is 0.375. The van der Waals surface area contributed by atoms with E-state index >= 15 is 0 Å². The summed E-state index contributed by atoms with van der Waals surface area (Å²) in [6, 6.07) is 5.17. The summed E-state index contributed by atoms with van der Waals surface area (Å²) in [5, 5.41) is 2.92. The summed E-state index contributed by atoms with van der Waals surface area (Å²) < 4.78 is 4.69. The lowest BCUT2D eigenvalue weighted by molar-refractivity contribution is -0.120. The van der Waals surface area contributed by atoms with Crippen molar-refractivity contribution in [2.75, 3.05) is 12.4 Å². The van der Waals surface area contributed by atoms with Crippen LogP contribution >= 0.6 is 0 Å². The van der Waals surface area contributed by atoms with E-state index in [0.29, 0.717) is 11.3 Å². The van der Waals surface area contributed by atoms with Gasteiger partial charge in [0.1, 0.15) is 0 Å². The Morgan fingerprint density at radius 3 is 2.75 bits per heavy atom. The van der Waals surface area contributed by atoms with E-state index in [1.807, 2.05) is 19.1 Å². The van der Waals surface area contributed by atoms with Gasteiger partial charge in [-0.3, -0.25) is 4.79 Å². The monoisotopic (exact) mass is 273 g/mol. The molecule has 2 rings (SSSR count). The number of hydrogen-bond acceptors (Lipinski definition) is 3. The predicted molar refractivity (Wildman–Crippen MR) is 77.6 cm³/mol. The molecule has 1 unspecified atom stereocenters. The van der Waals surface area contributed by atoms with Crippen molar-refractivity contribution in [1.29, 1.82) is 0 Å². The molecule has 1 aliphatic rings. The van der Waals surface area contributed by atoms with E-state index in [1.54, 1.807) is 12.1 Å². The maximum atomic E-state index is 12.2. The predicted octanol–water partition coefficient (Wildman–Crippen LogP) is 3.08. The Balaban J connectivity index is 2.13. The second-order valence-corrected chi connectivity index (χ2v) is 4.99. The Hall–Kier alpha value is -2.10. The molecule has 1 amide bonds. The molecule has 20 heavy (non-hydrogen) atoms. The van der Waals surface area contributed by atoms with Crippen molar-refractivity contribution in [3.05, 3.63) is 41.5 Å². The van der Waals surface area contributed by atoms with Gasteiger partial charge in [-0.25, -0.2) is 4.79 Å². The number of amides is 1. The molecule has 1 aromatic carbocycles. The number of carbonyl (C=O) groups is 2. The molecular weight excluding hydrogens is 254 g/mol. The van der Waals surface area contributed by atoms with Crippen LogP contribution in [0.5, 0.6) is 0 Å². The number of hydrogen-bond donors (Lipinski definition) is 1. The van der Waals surface area contributed by atoms with E-state index in [9.17, 15) is 9.59 Å². The highest BCUT2D eigenvalue weighted by atomic mass is 16.5. The molecule has 106 valence electrons. The molecule has 0 saturated carbocycles. The summed E-state index contributed by atoms with van der Waals surface area (Å²) >= 11 is 0. The average molecular weight is 273 g/mol. The van der Waals surface area contributed by atoms with Crippen molar-refractivity contribution >= 4 is 17.6 Å². The normalized spacial score (nSPS) is 17.6. The molecule has 0 spiro atoms. The second-order valence-electron chi connectivity index (χ2n) is 4.99. The first-order chi connectivity index (χ1) is 9.61. The quantitative estimate of drug-likeness (QED) is 0.680. The minimum Gasteiger partial charge on any atom is -0.465 e. The van der Waals surface area contributed by atoms with Crippen LogP contribution in [0.2, 0.25) is 0 Å². The molecule has 0 fully saturated rings. The van der Waals surface area contributed by atoms with Crippen molar-refractivity contribution < 1.29 is 14.3 Å². The molecular formula is C16H19NO3. The van der Waals surface area contributed by atoms with Crippen LogP contribution in [0.4, 0.5) is 5.69 Å². The van der Waals surface area contributed by atoms with Gasteiger partial charge in [0, 0.05) is 11.6 Å². The smallest absolute Gasteiger partial charge is 0.337 e. The third-order valence-corrected chi connectivity index (χ3v) is 3.56. The first-order valence-corrected chi connectivity index (χ1v) is 6.76. The molecule has 1 aromatic rings. The molecule has 1 atom stereocenters. The average Bonchev–Trinajstić information content (AvgIpc) is 2.49. The zero-order valence-corrected chi connectivity index (χ0v) is 11.8. The molecule has 4 nitrogen and oxygen atoms in total. The van der Waals surface area contributed by atoms with Gasteiger partial charge in [-0.15, -0.1) is 0 Å². The number of allylic oxidation sites excluding steroid dienone is 2. The molecule has 0 aromatic heterocycles. The number of nitrogens with one attached hydrogen (secondary N) is 1. The maximum Gasteiger partial charge on any atom is 0.337 e. The zero-order valence-electron chi connectivity index (χ0n) is 11.8. The van der Waals surface area contributed by atoms with Crippen molar-refractivity contribution in [3.8, 4) is 0 Å². The first-order valence-electron chi connectivity index (χ1n) is 6.76. The van der Waals surface area contributed by atoms with Gasteiger partial charge in [0.2, 0.25) is 5.91 Å². The van der Waals surface area contributed by atoms with E-state index in [0.717, 1.165) is 24.8 Å². The van der Waals surface area contributed by atoms with E-state index < -0.39 is 5.97 Å². The Bertz CT molecular complexity index is 549. The molecule has 4 heteroatoms. The third-order valence-electron chi connectivity index (χ3n) is 3.56. The van der Waals surface area contributed by atoms with E-state index in [1.165, 1.54) is 7.11 Å². The lowest BCUT2D eigenvalue weighted by Gasteiger charge is -2.18. The van der Waals surface area contributed by atoms with Crippen LogP contribution < -0.4 is 5.32 Å². The number of ether oxygens (including phenoxy) is 1. The molecule has 0 aliphatic heterocycles. The summed E-state index contributed by atoms with van der Waals surface area (Å²) in [7, 11) is 1.34. The SMILES string of the molecule is COC(=O)c1ccc(C)c(NC(=O)C2CC=CCC2)c1. The van der Waals surface area contributed by atoms with Crippen LogP contribution in [-0.2, 0) is 9.53 Å². The number of aryl methyl sites for hydroxylation is 1. The van der Waals surface area contributed by atoms with Crippen LogP contribution in [0.15, 0.2) is 30.4 Å². The Kier molecular flexibility index (Phi) is 4.56. The maximum absolute atomic E-state index is 12.2. The molecule has 0 radical (unpaired) electrons. The number of rotatable bonds is 3. The second kappa shape index (κ2) is 6.37. The van der Waals surface area contributed by atoms with Gasteiger partial charge in [0.25, 0.3) is 0 Å². The van der Waals surface area contributed by atoms with Crippen molar-refractivity contribution in [1.82, 2.24) is 0 Å². The van der Waals surface area contributed by atoms with Gasteiger partial charge in [-0.05, 0) is 43.9 Å². The van der Waals surface area contributed by atoms with Crippen LogP contribution in [0, 0.1) is 12.8 Å². The van der Waals surface area contributed by atoms with E-state index in [-0.39, 0.29) is 11.8 Å². The van der Waals surface area contributed by atoms with Crippen molar-refractivity contribution in [2.24, 2.45) is 5.92 Å². The Labute approximate surface area is 118 Å². The third kappa shape index (κ3) is 3.26. The largest absolute Gasteiger partial charge is 0.465 e. The van der Waals surface area contributed by atoms with Crippen LogP contribution in [0.1, 0.15) is 35.2 Å². The summed E-state index contributed by atoms with van der Waals surface area (Å²) in [5.74, 6) is -0.373. The highest BCUT2D eigenvalue weighted by Crippen LogP contribution is 2.22. The van der Waals surface area contributed by atoms with Gasteiger partial charge in [0.05, 0.1) is 12.7 Å². The van der Waals surface area contributed by atoms with Gasteiger partial charge >= 0.3 is 5.97 Å². The molecule has 0 bridgehead atoms. The van der Waals surface area contributed by atoms with Gasteiger partial charge in [0.15, 0.2) is 0 Å². The summed E-state index contributed by atoms with van der Waals surface area (Å²) in [4.78, 5) is 23.7. The van der Waals surface area contributed by atoms with Gasteiger partial charge in [-0.2, -0.15) is 0 Å². The highest BCUT2D eigenvalue weighted by Gasteiger charge is 2.19. The van der Waals surface area contributed by atoms with Crippen molar-refractivity contribution in [2.45, 2.75) is 26.2 Å². The fourth-order valence-corrected chi connectivity index (χ4v) is 2.27. The lowest BCUT2D eigenvalue weighted by Crippen LogP contribution is -2.24. The minimum atomic E-state index is -0.402. The molecule has 0 saturated heterocycles. The number of anilines is 1. The molecule has 0 heterocycles. The Morgan fingerprint density at radius 2 is 2.10 bits per heavy atom. The number of carbonyl (C=O) groups excluding carboxylic acids is 2. The summed E-state index contributed by atoms with van der Waals surface area (Å²) in [6.45, 7) is 1.90. The van der Waals surface area contributed by atoms with Crippen LogP contribution in [0.3, 0.4) is 0 Å². The topological polar surface area (TPSA) is 55.4 Å². The molecule has 1 aliphatic carbocycles. The number of esters is 1. The molecule has 1 N–H and O–H groups in total. The first kappa shape index (κ1) is 14.3. The summed E-state index contributed by atoms with van der Waals surface area (Å²) in [6.07, 6.45) is 6.75. The van der Waals surface area contributed by atoms with E-state index in [2.05, 4.69) is 11.4 Å². The van der Waals surface area contributed by atoms with Gasteiger partial charge in [-0.1, -0.05) is 18.2 Å². The van der Waals surface area contributed by atoms with Gasteiger partial charge < -0.3 is 10.1 Å². The highest BCUT2D eigenvalue weighted by molar-refractivity contribution is 5.96. The van der Waals surface area contributed by atoms with Crippen LogP contribution in [-0.4, -0.2) is 19.0 Å². The number of methoxy groups -OCH3 is 1. The fourth-order valence-electron chi connectivity index (χ4n) is 2.27. The lowest BCUT2D eigenvalue weighted by atomic mass is 9.93. The van der Waals surface area contributed by atoms with Crippen LogP contribution in [0.25, 0.3) is 0 Å². The standard InChI is InChI=1S/C16H19NO3/c1-11-8-9-13(16(19)20-2)10-14(11)17-15(18)12-6-4-3-5-7-12/h3-4,8-10,12H,5-7H2,1-2H3,(H,17,18). The minimum absolute atomic E-state index is 0.0134. The van der Waals surface area contributed by atoms with Crippen molar-refractivity contribution in [3.63, 3.8) is 0 Å². The van der Waals surface area contributed by atoms with E-state index in [4.69, 9.17) is 4.74 Å².